The molecule has 11 heteroatoms. The summed E-state index contributed by atoms with van der Waals surface area (Å²) in [4.78, 5) is 24.1. The molecule has 4 atom stereocenters. The molecule has 3 saturated heterocycles. The van der Waals surface area contributed by atoms with E-state index in [1.165, 1.54) is 0 Å². The van der Waals surface area contributed by atoms with Crippen molar-refractivity contribution in [2.45, 2.75) is 24.8 Å². The first-order valence-corrected chi connectivity index (χ1v) is 9.15. The Balaban J connectivity index is 1.37. The largest absolute Gasteiger partial charge is 0.508 e. The first-order valence-electron chi connectivity index (χ1n) is 9.15. The fourth-order valence-corrected chi connectivity index (χ4v) is 3.15. The second-order valence-corrected chi connectivity index (χ2v) is 6.71. The van der Waals surface area contributed by atoms with Crippen LogP contribution in [0.4, 0.5) is 15.3 Å². The van der Waals surface area contributed by atoms with Crippen molar-refractivity contribution in [1.82, 2.24) is 0 Å². The summed E-state index contributed by atoms with van der Waals surface area (Å²) in [6.07, 6.45) is -2.56. The third-order valence-corrected chi connectivity index (χ3v) is 4.52. The maximum Gasteiger partial charge on any atom is 0.508 e. The summed E-state index contributed by atoms with van der Waals surface area (Å²) < 4.78 is 35.6. The van der Waals surface area contributed by atoms with Gasteiger partial charge >= 0.3 is 12.3 Å². The van der Waals surface area contributed by atoms with Crippen LogP contribution in [0.1, 0.15) is 0 Å². The van der Waals surface area contributed by atoms with Gasteiger partial charge in [-0.05, 0) is 24.3 Å². The van der Waals surface area contributed by atoms with E-state index in [2.05, 4.69) is 0 Å². The van der Waals surface area contributed by atoms with Crippen LogP contribution in [0.15, 0.2) is 24.3 Å². The number of hydrogen-bond donors (Lipinski definition) is 1. The topological polar surface area (TPSA) is 122 Å². The van der Waals surface area contributed by atoms with Crippen LogP contribution in [0, 0.1) is 0 Å². The van der Waals surface area contributed by atoms with Crippen molar-refractivity contribution in [3.63, 3.8) is 0 Å². The highest BCUT2D eigenvalue weighted by Gasteiger charge is 2.31. The van der Waals surface area contributed by atoms with Crippen LogP contribution in [0.5, 0.6) is 5.75 Å². The Kier molecular flexibility index (Phi) is 5.88. The number of carbonyl (C=O) groups excluding carboxylic acids is 2. The molecule has 158 valence electrons. The number of ether oxygens (including phenoxy) is 7. The van der Waals surface area contributed by atoms with Crippen LogP contribution in [-0.2, 0) is 28.4 Å². The van der Waals surface area contributed by atoms with E-state index in [1.54, 1.807) is 12.1 Å². The predicted molar refractivity (Wildman–Crippen MR) is 93.4 cm³/mol. The zero-order chi connectivity index (χ0) is 20.2. The zero-order valence-corrected chi connectivity index (χ0v) is 15.4. The Hall–Kier alpha value is -2.76. The first-order chi connectivity index (χ1) is 14.0. The van der Waals surface area contributed by atoms with E-state index < -0.39 is 31.0 Å². The van der Waals surface area contributed by atoms with Gasteiger partial charge in [0.25, 0.3) is 6.48 Å². The molecule has 0 amide bonds. The molecule has 29 heavy (non-hydrogen) atoms. The van der Waals surface area contributed by atoms with Crippen LogP contribution >= 0.6 is 0 Å². The van der Waals surface area contributed by atoms with Crippen molar-refractivity contribution in [3.8, 4) is 5.75 Å². The van der Waals surface area contributed by atoms with Gasteiger partial charge in [0.1, 0.15) is 31.7 Å². The van der Waals surface area contributed by atoms with Crippen LogP contribution in [0.25, 0.3) is 0 Å². The molecule has 1 aromatic rings. The lowest BCUT2D eigenvalue weighted by Gasteiger charge is -2.28. The predicted octanol–water partition coefficient (Wildman–Crippen LogP) is 0.634. The number of cyclic esters (lactones) is 4. The number of hydrogen-bond acceptors (Lipinski definition) is 11. The van der Waals surface area contributed by atoms with Gasteiger partial charge in [-0.2, -0.15) is 0 Å². The summed E-state index contributed by atoms with van der Waals surface area (Å²) in [5.41, 5.74) is 0.834. The third kappa shape index (κ3) is 5.19. The third-order valence-electron chi connectivity index (χ3n) is 4.52. The second-order valence-electron chi connectivity index (χ2n) is 6.71. The number of nitrogens with zero attached hydrogens (tertiary/aromatic N) is 1. The molecule has 3 aliphatic rings. The molecular formula is C18H21NO10. The number of rotatable bonds is 8. The van der Waals surface area contributed by atoms with Crippen molar-refractivity contribution in [2.75, 3.05) is 44.4 Å². The minimum Gasteiger partial charge on any atom is -0.490 e. The number of anilines is 1. The van der Waals surface area contributed by atoms with Crippen LogP contribution in [-0.4, -0.2) is 81.7 Å². The summed E-state index contributed by atoms with van der Waals surface area (Å²) in [5, 5.41) is 9.39. The van der Waals surface area contributed by atoms with Gasteiger partial charge in [-0.1, -0.05) is 0 Å². The van der Waals surface area contributed by atoms with E-state index in [-0.39, 0.29) is 32.5 Å². The molecule has 0 bridgehead atoms. The summed E-state index contributed by atoms with van der Waals surface area (Å²) in [5.74, 6) is 0.600. The molecule has 0 radical (unpaired) electrons. The van der Waals surface area contributed by atoms with Gasteiger partial charge in [0.15, 0.2) is 12.2 Å². The maximum absolute atomic E-state index is 11.2. The molecule has 3 heterocycles. The molecule has 3 aliphatic heterocycles. The average Bonchev–Trinajstić information content (AvgIpc) is 3.42. The molecule has 1 N–H and O–H groups in total. The average molecular weight is 411 g/mol. The summed E-state index contributed by atoms with van der Waals surface area (Å²) in [6.45, 7) is 0.347. The van der Waals surface area contributed by atoms with Crippen LogP contribution in [0.3, 0.4) is 0 Å². The van der Waals surface area contributed by atoms with Crippen LogP contribution in [0.2, 0.25) is 0 Å². The molecule has 0 saturated carbocycles. The van der Waals surface area contributed by atoms with Crippen molar-refractivity contribution >= 4 is 18.0 Å². The molecule has 0 aliphatic carbocycles. The molecule has 1 aromatic carbocycles. The van der Waals surface area contributed by atoms with E-state index in [0.717, 1.165) is 5.69 Å². The minimum absolute atomic E-state index is 0.169. The SMILES string of the molecule is O=C1OCC(COc2ccc(N(CC3COC(=O)O3)CC3COC(O)O3)cc2)O1. The summed E-state index contributed by atoms with van der Waals surface area (Å²) in [7, 11) is 0. The molecule has 0 aromatic heterocycles. The maximum atomic E-state index is 11.2. The normalized spacial score (nSPS) is 28.4. The lowest BCUT2D eigenvalue weighted by molar-refractivity contribution is -0.203. The van der Waals surface area contributed by atoms with E-state index in [9.17, 15) is 14.7 Å². The van der Waals surface area contributed by atoms with E-state index in [4.69, 9.17) is 33.2 Å². The summed E-state index contributed by atoms with van der Waals surface area (Å²) in [6, 6.07) is 7.24. The molecular weight excluding hydrogens is 390 g/mol. The van der Waals surface area contributed by atoms with Gasteiger partial charge in [-0.15, -0.1) is 0 Å². The van der Waals surface area contributed by atoms with Crippen molar-refractivity contribution < 1.29 is 47.9 Å². The van der Waals surface area contributed by atoms with Gasteiger partial charge in [0.05, 0.1) is 13.2 Å². The number of aliphatic hydroxyl groups is 1. The van der Waals surface area contributed by atoms with E-state index >= 15 is 0 Å². The van der Waals surface area contributed by atoms with Crippen molar-refractivity contribution in [1.29, 1.82) is 0 Å². The first kappa shape index (κ1) is 19.6. The molecule has 11 nitrogen and oxygen atoms in total. The molecule has 4 unspecified atom stereocenters. The van der Waals surface area contributed by atoms with Crippen molar-refractivity contribution in [3.05, 3.63) is 24.3 Å². The summed E-state index contributed by atoms with van der Waals surface area (Å²) >= 11 is 0. The Labute approximate surface area is 165 Å². The van der Waals surface area contributed by atoms with Gasteiger partial charge in [0.2, 0.25) is 0 Å². The zero-order valence-electron chi connectivity index (χ0n) is 15.4. The van der Waals surface area contributed by atoms with Crippen LogP contribution < -0.4 is 9.64 Å². The smallest absolute Gasteiger partial charge is 0.490 e. The highest BCUT2D eigenvalue weighted by Crippen LogP contribution is 2.23. The van der Waals surface area contributed by atoms with Gasteiger partial charge < -0.3 is 43.2 Å². The lowest BCUT2D eigenvalue weighted by Crippen LogP contribution is -2.40. The number of aliphatic hydroxyl groups excluding tert-OH is 1. The van der Waals surface area contributed by atoms with Gasteiger partial charge in [0, 0.05) is 12.2 Å². The standard InChI is InChI=1S/C18H21NO10/c20-16-24-7-13(27-16)5-19(6-14-8-25-17(21)28-14)11-1-3-12(4-2-11)23-9-15-10-26-18(22)29-15/h1-4,13-16,20H,5-10H2. The number of benzene rings is 1. The fourth-order valence-electron chi connectivity index (χ4n) is 3.15. The van der Waals surface area contributed by atoms with E-state index in [0.29, 0.717) is 18.8 Å². The number of carbonyl (C=O) groups is 2. The Morgan fingerprint density at radius 1 is 0.931 bits per heavy atom. The lowest BCUT2D eigenvalue weighted by atomic mass is 10.2. The van der Waals surface area contributed by atoms with E-state index in [1.807, 2.05) is 17.0 Å². The Morgan fingerprint density at radius 2 is 1.59 bits per heavy atom. The Bertz CT molecular complexity index is 726. The fraction of sp³-hybridized carbons (Fsp3) is 0.556. The monoisotopic (exact) mass is 411 g/mol. The Morgan fingerprint density at radius 3 is 2.17 bits per heavy atom. The quantitative estimate of drug-likeness (QED) is 0.606. The molecule has 4 rings (SSSR count). The highest BCUT2D eigenvalue weighted by atomic mass is 16.8. The van der Waals surface area contributed by atoms with Crippen molar-refractivity contribution in [2.24, 2.45) is 0 Å². The van der Waals surface area contributed by atoms with Gasteiger partial charge in [-0.3, -0.25) is 0 Å². The molecule has 3 fully saturated rings. The molecule has 0 spiro atoms. The minimum atomic E-state index is -1.24. The highest BCUT2D eigenvalue weighted by molar-refractivity contribution is 5.62. The van der Waals surface area contributed by atoms with Gasteiger partial charge in [-0.25, -0.2) is 9.59 Å². The second kappa shape index (κ2) is 8.72.